The van der Waals surface area contributed by atoms with Gasteiger partial charge >= 0.3 is 0 Å². The number of rotatable bonds is 3. The highest BCUT2D eigenvalue weighted by atomic mass is 35.5. The number of benzene rings is 2. The third-order valence-corrected chi connectivity index (χ3v) is 4.22. The second-order valence-corrected chi connectivity index (χ2v) is 5.75. The first kappa shape index (κ1) is 15.5. The van der Waals surface area contributed by atoms with E-state index in [1.807, 2.05) is 0 Å². The number of carbonyl (C=O) groups excluding carboxylic acids is 2. The molecule has 2 aromatic carbocycles. The first-order valence-electron chi connectivity index (χ1n) is 6.47. The van der Waals surface area contributed by atoms with Gasteiger partial charge in [-0.25, -0.2) is 0 Å². The Balaban J connectivity index is 1.89. The van der Waals surface area contributed by atoms with Crippen LogP contribution in [0, 0.1) is 10.1 Å². The number of nitro benzene ring substituents is 1. The molecule has 0 unspecified atom stereocenters. The summed E-state index contributed by atoms with van der Waals surface area (Å²) in [5, 5.41) is 11.0. The molecule has 1 aliphatic rings. The van der Waals surface area contributed by atoms with Gasteiger partial charge in [-0.05, 0) is 17.7 Å². The van der Waals surface area contributed by atoms with E-state index in [0.29, 0.717) is 5.56 Å². The molecule has 0 radical (unpaired) electrons. The van der Waals surface area contributed by atoms with Crippen LogP contribution in [-0.4, -0.2) is 21.6 Å². The van der Waals surface area contributed by atoms with Gasteiger partial charge in [-0.1, -0.05) is 35.3 Å². The quantitative estimate of drug-likeness (QED) is 0.480. The van der Waals surface area contributed by atoms with Gasteiger partial charge < -0.3 is 0 Å². The van der Waals surface area contributed by atoms with Crippen molar-refractivity contribution in [1.82, 2.24) is 4.90 Å². The summed E-state index contributed by atoms with van der Waals surface area (Å²) in [7, 11) is 0. The molecule has 0 atom stereocenters. The highest BCUT2D eigenvalue weighted by molar-refractivity contribution is 6.43. The van der Waals surface area contributed by atoms with Crippen molar-refractivity contribution in [2.24, 2.45) is 0 Å². The fourth-order valence-electron chi connectivity index (χ4n) is 2.33. The number of halogens is 2. The Kier molecular flexibility index (Phi) is 3.79. The molecule has 2 amide bonds. The molecule has 0 N–H and O–H groups in total. The van der Waals surface area contributed by atoms with Crippen LogP contribution in [0.25, 0.3) is 0 Å². The minimum absolute atomic E-state index is 0.0135. The largest absolute Gasteiger partial charge is 0.270 e. The maximum atomic E-state index is 12.3. The summed E-state index contributed by atoms with van der Waals surface area (Å²) >= 11 is 11.8. The lowest BCUT2D eigenvalue weighted by Gasteiger charge is -2.13. The number of hydrogen-bond acceptors (Lipinski definition) is 4. The van der Waals surface area contributed by atoms with Gasteiger partial charge in [0.25, 0.3) is 17.5 Å². The molecule has 2 aromatic rings. The maximum Gasteiger partial charge on any atom is 0.269 e. The van der Waals surface area contributed by atoms with Gasteiger partial charge in [-0.2, -0.15) is 0 Å². The Hall–Kier alpha value is -2.44. The van der Waals surface area contributed by atoms with Crippen molar-refractivity contribution in [2.45, 2.75) is 6.54 Å². The average Bonchev–Trinajstić information content (AvgIpc) is 2.73. The highest BCUT2D eigenvalue weighted by Gasteiger charge is 2.36. The molecule has 3 rings (SSSR count). The van der Waals surface area contributed by atoms with E-state index in [1.165, 1.54) is 36.4 Å². The molecule has 23 heavy (non-hydrogen) atoms. The van der Waals surface area contributed by atoms with Crippen LogP contribution < -0.4 is 0 Å². The summed E-state index contributed by atoms with van der Waals surface area (Å²) in [6, 6.07) is 8.39. The summed E-state index contributed by atoms with van der Waals surface area (Å²) in [5.41, 5.74) is 0.939. The Morgan fingerprint density at radius 2 is 1.43 bits per heavy atom. The van der Waals surface area contributed by atoms with Crippen LogP contribution in [0.2, 0.25) is 10.0 Å². The zero-order valence-corrected chi connectivity index (χ0v) is 13.0. The van der Waals surface area contributed by atoms with Crippen LogP contribution in [0.1, 0.15) is 26.3 Å². The molecule has 0 spiro atoms. The standard InChI is InChI=1S/C15H8Cl2N2O4/c16-12-5-10-11(6-13(12)17)15(21)18(14(10)20)7-8-1-3-9(4-2-8)19(22)23/h1-6H,7H2. The van der Waals surface area contributed by atoms with Crippen LogP contribution in [-0.2, 0) is 6.54 Å². The normalized spacial score (nSPS) is 13.4. The molecule has 0 saturated carbocycles. The number of fused-ring (bicyclic) bond motifs is 1. The summed E-state index contributed by atoms with van der Waals surface area (Å²) in [6.07, 6.45) is 0. The molecular weight excluding hydrogens is 343 g/mol. The third kappa shape index (κ3) is 2.67. The molecule has 0 saturated heterocycles. The van der Waals surface area contributed by atoms with Crippen LogP contribution in [0.15, 0.2) is 36.4 Å². The molecule has 1 aliphatic heterocycles. The van der Waals surface area contributed by atoms with E-state index in [-0.39, 0.29) is 33.4 Å². The van der Waals surface area contributed by atoms with Crippen molar-refractivity contribution in [3.05, 3.63) is 73.2 Å². The van der Waals surface area contributed by atoms with Crippen molar-refractivity contribution in [2.75, 3.05) is 0 Å². The van der Waals surface area contributed by atoms with Crippen LogP contribution in [0.4, 0.5) is 5.69 Å². The monoisotopic (exact) mass is 350 g/mol. The summed E-state index contributed by atoms with van der Waals surface area (Å²) in [6.45, 7) is 0.0135. The minimum atomic E-state index is -0.518. The molecule has 0 aromatic heterocycles. The zero-order valence-electron chi connectivity index (χ0n) is 11.5. The number of non-ortho nitro benzene ring substituents is 1. The van der Waals surface area contributed by atoms with Gasteiger partial charge in [0.1, 0.15) is 0 Å². The van der Waals surface area contributed by atoms with Crippen molar-refractivity contribution in [3.8, 4) is 0 Å². The van der Waals surface area contributed by atoms with Crippen molar-refractivity contribution in [3.63, 3.8) is 0 Å². The number of carbonyl (C=O) groups is 2. The molecule has 1 heterocycles. The first-order valence-corrected chi connectivity index (χ1v) is 7.22. The van der Waals surface area contributed by atoms with Crippen LogP contribution >= 0.6 is 23.2 Å². The predicted octanol–water partition coefficient (Wildman–Crippen LogP) is 3.70. The Bertz CT molecular complexity index is 808. The second kappa shape index (κ2) is 5.64. The second-order valence-electron chi connectivity index (χ2n) is 4.93. The SMILES string of the molecule is O=C1c2cc(Cl)c(Cl)cc2C(=O)N1Cc1ccc([N+](=O)[O-])cc1. The van der Waals surface area contributed by atoms with E-state index >= 15 is 0 Å². The fourth-order valence-corrected chi connectivity index (χ4v) is 2.66. The highest BCUT2D eigenvalue weighted by Crippen LogP contribution is 2.32. The van der Waals surface area contributed by atoms with E-state index in [9.17, 15) is 19.7 Å². The number of hydrogen-bond donors (Lipinski definition) is 0. The summed E-state index contributed by atoms with van der Waals surface area (Å²) < 4.78 is 0. The summed E-state index contributed by atoms with van der Waals surface area (Å²) in [4.78, 5) is 35.9. The summed E-state index contributed by atoms with van der Waals surface area (Å²) in [5.74, 6) is -0.941. The van der Waals surface area contributed by atoms with E-state index in [4.69, 9.17) is 23.2 Å². The number of nitro groups is 1. The van der Waals surface area contributed by atoms with Gasteiger partial charge in [0.05, 0.1) is 32.6 Å². The first-order chi connectivity index (χ1) is 10.9. The predicted molar refractivity (Wildman–Crippen MR) is 83.8 cm³/mol. The molecule has 8 heteroatoms. The molecule has 6 nitrogen and oxygen atoms in total. The molecular formula is C15H8Cl2N2O4. The Labute approximate surface area is 140 Å². The van der Waals surface area contributed by atoms with Gasteiger partial charge in [-0.15, -0.1) is 0 Å². The van der Waals surface area contributed by atoms with E-state index in [0.717, 1.165) is 4.90 Å². The van der Waals surface area contributed by atoms with Gasteiger partial charge in [0, 0.05) is 12.1 Å². The van der Waals surface area contributed by atoms with Crippen molar-refractivity contribution in [1.29, 1.82) is 0 Å². The number of nitrogens with zero attached hydrogens (tertiary/aromatic N) is 2. The topological polar surface area (TPSA) is 80.5 Å². The Morgan fingerprint density at radius 3 is 1.87 bits per heavy atom. The lowest BCUT2D eigenvalue weighted by Crippen LogP contribution is -2.29. The molecule has 116 valence electrons. The van der Waals surface area contributed by atoms with E-state index < -0.39 is 16.7 Å². The lowest BCUT2D eigenvalue weighted by atomic mass is 10.1. The Morgan fingerprint density at radius 1 is 0.957 bits per heavy atom. The number of imide groups is 1. The fraction of sp³-hybridized carbons (Fsp3) is 0.0667. The van der Waals surface area contributed by atoms with Gasteiger partial charge in [0.2, 0.25) is 0 Å². The maximum absolute atomic E-state index is 12.3. The zero-order chi connectivity index (χ0) is 16.7. The molecule has 0 aliphatic carbocycles. The molecule has 0 fully saturated rings. The lowest BCUT2D eigenvalue weighted by molar-refractivity contribution is -0.384. The average molecular weight is 351 g/mol. The minimum Gasteiger partial charge on any atom is -0.270 e. The van der Waals surface area contributed by atoms with Gasteiger partial charge in [0.15, 0.2) is 0 Å². The van der Waals surface area contributed by atoms with Crippen LogP contribution in [0.5, 0.6) is 0 Å². The van der Waals surface area contributed by atoms with Crippen molar-refractivity contribution >= 4 is 40.7 Å². The van der Waals surface area contributed by atoms with Crippen LogP contribution in [0.3, 0.4) is 0 Å². The van der Waals surface area contributed by atoms with E-state index in [2.05, 4.69) is 0 Å². The van der Waals surface area contributed by atoms with Gasteiger partial charge in [-0.3, -0.25) is 24.6 Å². The van der Waals surface area contributed by atoms with Crippen molar-refractivity contribution < 1.29 is 14.5 Å². The van der Waals surface area contributed by atoms with E-state index in [1.54, 1.807) is 0 Å². The molecule has 0 bridgehead atoms. The third-order valence-electron chi connectivity index (χ3n) is 3.50. The smallest absolute Gasteiger partial charge is 0.269 e. The number of amides is 2.